The number of carbonyl (C=O) groups is 2. The number of ketones is 1. The van der Waals surface area contributed by atoms with Gasteiger partial charge in [-0.1, -0.05) is 35.6 Å². The molecule has 1 amide bonds. The number of likely N-dealkylation sites (tertiary alicyclic amines) is 1. The first kappa shape index (κ1) is 21.5. The standard InChI is InChI=1S/C21H32N2O4/c1-20(2,3)26-23(27-21(4,5)6)19(25)17-15-22(13-12-18(17)24)14-16-10-8-7-9-11-16/h7-11,17H,12-15H2,1-6H3. The van der Waals surface area contributed by atoms with Gasteiger partial charge in [0.05, 0.1) is 11.2 Å². The van der Waals surface area contributed by atoms with Crippen molar-refractivity contribution in [1.82, 2.24) is 10.1 Å². The van der Waals surface area contributed by atoms with Crippen LogP contribution in [0.15, 0.2) is 30.3 Å². The fourth-order valence-electron chi connectivity index (χ4n) is 2.83. The van der Waals surface area contributed by atoms with Crippen molar-refractivity contribution in [2.24, 2.45) is 5.92 Å². The lowest BCUT2D eigenvalue weighted by Gasteiger charge is -2.37. The van der Waals surface area contributed by atoms with Gasteiger partial charge in [-0.3, -0.25) is 14.5 Å². The van der Waals surface area contributed by atoms with Gasteiger partial charge >= 0.3 is 0 Å². The number of piperidine rings is 1. The first-order chi connectivity index (χ1) is 12.4. The zero-order chi connectivity index (χ0) is 20.2. The zero-order valence-corrected chi connectivity index (χ0v) is 17.3. The molecule has 0 aromatic heterocycles. The molecule has 0 saturated carbocycles. The van der Waals surface area contributed by atoms with Crippen LogP contribution in [-0.2, 0) is 25.8 Å². The number of rotatable bonds is 5. The monoisotopic (exact) mass is 376 g/mol. The average molecular weight is 376 g/mol. The summed E-state index contributed by atoms with van der Waals surface area (Å²) >= 11 is 0. The van der Waals surface area contributed by atoms with E-state index in [4.69, 9.17) is 9.68 Å². The molecule has 1 unspecified atom stereocenters. The summed E-state index contributed by atoms with van der Waals surface area (Å²) in [4.78, 5) is 39.1. The third-order valence-corrected chi connectivity index (χ3v) is 3.94. The third kappa shape index (κ3) is 7.05. The van der Waals surface area contributed by atoms with E-state index in [1.807, 2.05) is 71.9 Å². The highest BCUT2D eigenvalue weighted by Gasteiger charge is 2.39. The highest BCUT2D eigenvalue weighted by molar-refractivity contribution is 6.01. The molecule has 6 nitrogen and oxygen atoms in total. The topological polar surface area (TPSA) is 59.1 Å². The molecule has 1 fully saturated rings. The van der Waals surface area contributed by atoms with Crippen molar-refractivity contribution in [1.29, 1.82) is 0 Å². The van der Waals surface area contributed by atoms with Crippen molar-refractivity contribution in [2.75, 3.05) is 13.1 Å². The van der Waals surface area contributed by atoms with Gasteiger partial charge < -0.3 is 0 Å². The van der Waals surface area contributed by atoms with E-state index >= 15 is 0 Å². The first-order valence-corrected chi connectivity index (χ1v) is 9.46. The Morgan fingerprint density at radius 2 is 1.63 bits per heavy atom. The van der Waals surface area contributed by atoms with Gasteiger partial charge in [-0.25, -0.2) is 9.68 Å². The van der Waals surface area contributed by atoms with Crippen LogP contribution in [0.1, 0.15) is 53.5 Å². The van der Waals surface area contributed by atoms with Crippen LogP contribution in [0.25, 0.3) is 0 Å². The minimum atomic E-state index is -0.785. The van der Waals surface area contributed by atoms with E-state index < -0.39 is 23.0 Å². The van der Waals surface area contributed by atoms with E-state index in [-0.39, 0.29) is 5.78 Å². The fourth-order valence-corrected chi connectivity index (χ4v) is 2.83. The Labute approximate surface area is 162 Å². The molecule has 2 rings (SSSR count). The molecule has 1 aliphatic rings. The van der Waals surface area contributed by atoms with Crippen LogP contribution in [0.2, 0.25) is 0 Å². The number of hydrogen-bond acceptors (Lipinski definition) is 5. The second kappa shape index (κ2) is 8.50. The Morgan fingerprint density at radius 1 is 1.07 bits per heavy atom. The summed E-state index contributed by atoms with van der Waals surface area (Å²) in [7, 11) is 0. The minimum Gasteiger partial charge on any atom is -0.299 e. The smallest absolute Gasteiger partial charge is 0.285 e. The Kier molecular flexibility index (Phi) is 6.78. The molecule has 6 heteroatoms. The maximum Gasteiger partial charge on any atom is 0.285 e. The summed E-state index contributed by atoms with van der Waals surface area (Å²) in [5, 5.41) is 0.925. The Hall–Kier alpha value is -1.76. The van der Waals surface area contributed by atoms with Gasteiger partial charge in [0, 0.05) is 26.1 Å². The molecule has 1 heterocycles. The number of amides is 1. The van der Waals surface area contributed by atoms with Crippen molar-refractivity contribution >= 4 is 11.7 Å². The van der Waals surface area contributed by atoms with E-state index in [9.17, 15) is 9.59 Å². The van der Waals surface area contributed by atoms with Crippen LogP contribution in [0.3, 0.4) is 0 Å². The lowest BCUT2D eigenvalue weighted by Crippen LogP contribution is -2.52. The highest BCUT2D eigenvalue weighted by atomic mass is 17.0. The fraction of sp³-hybridized carbons (Fsp3) is 0.619. The van der Waals surface area contributed by atoms with Gasteiger partial charge in [0.25, 0.3) is 5.91 Å². The van der Waals surface area contributed by atoms with E-state index in [1.165, 1.54) is 0 Å². The molecule has 1 aromatic rings. The molecule has 1 atom stereocenters. The highest BCUT2D eigenvalue weighted by Crippen LogP contribution is 2.23. The van der Waals surface area contributed by atoms with Crippen molar-refractivity contribution in [3.8, 4) is 0 Å². The number of Topliss-reactive ketones (excluding diaryl/α,β-unsaturated/α-hetero) is 1. The molecule has 0 bridgehead atoms. The SMILES string of the molecule is CC(C)(C)ON(OC(C)(C)C)C(=O)C1CN(Cc2ccccc2)CCC1=O. The van der Waals surface area contributed by atoms with Crippen molar-refractivity contribution in [3.05, 3.63) is 35.9 Å². The number of hydroxylamine groups is 2. The largest absolute Gasteiger partial charge is 0.299 e. The summed E-state index contributed by atoms with van der Waals surface area (Å²) in [6, 6.07) is 10.0. The molecule has 1 saturated heterocycles. The van der Waals surface area contributed by atoms with Gasteiger partial charge in [0.1, 0.15) is 11.7 Å². The van der Waals surface area contributed by atoms with Gasteiger partial charge in [0.2, 0.25) is 0 Å². The van der Waals surface area contributed by atoms with Crippen LogP contribution < -0.4 is 0 Å². The molecule has 1 aromatic carbocycles. The number of carbonyl (C=O) groups excluding carboxylic acids is 2. The summed E-state index contributed by atoms with van der Waals surface area (Å²) in [6.07, 6.45) is 0.349. The van der Waals surface area contributed by atoms with Crippen LogP contribution >= 0.6 is 0 Å². The van der Waals surface area contributed by atoms with E-state index in [1.54, 1.807) is 0 Å². The lowest BCUT2D eigenvalue weighted by molar-refractivity contribution is -0.403. The maximum absolute atomic E-state index is 13.1. The summed E-state index contributed by atoms with van der Waals surface area (Å²) in [6.45, 7) is 12.7. The van der Waals surface area contributed by atoms with Gasteiger partial charge in [-0.05, 0) is 47.1 Å². The van der Waals surface area contributed by atoms with Crippen LogP contribution in [0, 0.1) is 5.92 Å². The van der Waals surface area contributed by atoms with Crippen molar-refractivity contribution < 1.29 is 19.3 Å². The Balaban J connectivity index is 2.12. The molecular weight excluding hydrogens is 344 g/mol. The van der Waals surface area contributed by atoms with Gasteiger partial charge in [-0.2, -0.15) is 0 Å². The second-order valence-corrected chi connectivity index (χ2v) is 8.99. The third-order valence-electron chi connectivity index (χ3n) is 3.94. The first-order valence-electron chi connectivity index (χ1n) is 9.46. The number of hydrogen-bond donors (Lipinski definition) is 0. The number of nitrogens with zero attached hydrogens (tertiary/aromatic N) is 2. The maximum atomic E-state index is 13.1. The predicted octanol–water partition coefficient (Wildman–Crippen LogP) is 3.37. The van der Waals surface area contributed by atoms with Gasteiger partial charge in [-0.15, -0.1) is 0 Å². The molecule has 0 N–H and O–H groups in total. The molecule has 1 aliphatic heterocycles. The molecule has 0 spiro atoms. The minimum absolute atomic E-state index is 0.0654. The Bertz CT molecular complexity index is 630. The van der Waals surface area contributed by atoms with Crippen molar-refractivity contribution in [2.45, 2.75) is 65.7 Å². The molecule has 0 aliphatic carbocycles. The Morgan fingerprint density at radius 3 is 2.15 bits per heavy atom. The van der Waals surface area contributed by atoms with Crippen LogP contribution in [0.4, 0.5) is 0 Å². The van der Waals surface area contributed by atoms with Crippen LogP contribution in [0.5, 0.6) is 0 Å². The second-order valence-electron chi connectivity index (χ2n) is 8.99. The van der Waals surface area contributed by atoms with Crippen LogP contribution in [-0.4, -0.2) is 46.1 Å². The summed E-state index contributed by atoms with van der Waals surface area (Å²) in [5.74, 6) is -1.29. The quantitative estimate of drug-likeness (QED) is 0.582. The normalized spacial score (nSPS) is 19.2. The molecule has 27 heavy (non-hydrogen) atoms. The molecule has 0 radical (unpaired) electrons. The van der Waals surface area contributed by atoms with E-state index in [0.717, 1.165) is 10.8 Å². The lowest BCUT2D eigenvalue weighted by atomic mass is 9.95. The van der Waals surface area contributed by atoms with Gasteiger partial charge in [0.15, 0.2) is 0 Å². The molecule has 150 valence electrons. The number of benzene rings is 1. The van der Waals surface area contributed by atoms with Crippen molar-refractivity contribution in [3.63, 3.8) is 0 Å². The summed E-state index contributed by atoms with van der Waals surface area (Å²) < 4.78 is 0. The van der Waals surface area contributed by atoms with E-state index in [0.29, 0.717) is 26.1 Å². The zero-order valence-electron chi connectivity index (χ0n) is 17.3. The summed E-state index contributed by atoms with van der Waals surface area (Å²) in [5.41, 5.74) is -0.0863. The average Bonchev–Trinajstić information content (AvgIpc) is 2.54. The predicted molar refractivity (Wildman–Crippen MR) is 103 cm³/mol. The van der Waals surface area contributed by atoms with E-state index in [2.05, 4.69) is 4.90 Å². The molecular formula is C21H32N2O4.